The average Bonchev–Trinajstić information content (AvgIpc) is 3.62. The minimum absolute atomic E-state index is 0.102. The van der Waals surface area contributed by atoms with Crippen LogP contribution in [0, 0.1) is 11.8 Å². The maximum absolute atomic E-state index is 13.5. The van der Waals surface area contributed by atoms with E-state index in [-0.39, 0.29) is 48.3 Å². The molecule has 4 rings (SSSR count). The lowest BCUT2D eigenvalue weighted by molar-refractivity contribution is -0.144. The molecule has 4 N–H and O–H groups in total. The first-order chi connectivity index (χ1) is 24.2. The lowest BCUT2D eigenvalue weighted by Crippen LogP contribution is -2.45. The molecule has 1 heterocycles. The molecule has 0 unspecified atom stereocenters. The Morgan fingerprint density at radius 2 is 1.50 bits per heavy atom. The van der Waals surface area contributed by atoms with E-state index in [9.17, 15) is 24.3 Å². The molecule has 3 amide bonds. The van der Waals surface area contributed by atoms with Crippen molar-refractivity contribution in [2.45, 2.75) is 46.6 Å². The third-order valence-electron chi connectivity index (χ3n) is 7.94. The number of carbonyl (C=O) groups excluding carboxylic acids is 4. The van der Waals surface area contributed by atoms with Crippen LogP contribution < -0.4 is 20.9 Å². The Morgan fingerprint density at radius 3 is 2.16 bits per heavy atom. The second-order valence-electron chi connectivity index (χ2n) is 11.3. The van der Waals surface area contributed by atoms with Crippen molar-refractivity contribution in [3.63, 3.8) is 0 Å². The molecule has 2 atom stereocenters. The molecule has 50 heavy (non-hydrogen) atoms. The number of nitrogens with one attached hydrogen (secondary N) is 3. The van der Waals surface area contributed by atoms with Gasteiger partial charge in [0.1, 0.15) is 22.8 Å². The number of hydroxylamine groups is 1. The monoisotopic (exact) mass is 685 g/mol. The maximum atomic E-state index is 13.5. The van der Waals surface area contributed by atoms with Crippen LogP contribution in [-0.4, -0.2) is 48.7 Å². The van der Waals surface area contributed by atoms with Crippen LogP contribution in [0.2, 0.25) is 0 Å². The smallest absolute Gasteiger partial charge is 0.342 e. The number of benzene rings is 3. The van der Waals surface area contributed by atoms with Crippen molar-refractivity contribution in [2.75, 3.05) is 19.9 Å². The topological polar surface area (TPSA) is 165 Å². The Balaban J connectivity index is 1.41. The highest BCUT2D eigenvalue weighted by Crippen LogP contribution is 2.37. The van der Waals surface area contributed by atoms with Gasteiger partial charge in [0, 0.05) is 5.92 Å². The number of rotatable bonds is 18. The van der Waals surface area contributed by atoms with E-state index in [4.69, 9.17) is 18.7 Å². The maximum Gasteiger partial charge on any atom is 0.342 e. The van der Waals surface area contributed by atoms with Gasteiger partial charge in [-0.25, -0.2) is 10.3 Å². The second-order valence-corrected chi connectivity index (χ2v) is 11.3. The van der Waals surface area contributed by atoms with Gasteiger partial charge in [0.15, 0.2) is 5.76 Å². The lowest BCUT2D eigenvalue weighted by atomic mass is 9.84. The van der Waals surface area contributed by atoms with Crippen molar-refractivity contribution in [3.05, 3.63) is 107 Å². The molecule has 0 saturated carbocycles. The van der Waals surface area contributed by atoms with Gasteiger partial charge in [-0.2, -0.15) is 0 Å². The summed E-state index contributed by atoms with van der Waals surface area (Å²) in [6.07, 6.45) is 1.32. The van der Waals surface area contributed by atoms with Gasteiger partial charge in [0.25, 0.3) is 5.91 Å². The molecule has 0 radical (unpaired) electrons. The van der Waals surface area contributed by atoms with E-state index in [1.807, 2.05) is 67.6 Å². The fraction of sp³-hybridized carbons (Fsp3) is 0.316. The second kappa shape index (κ2) is 18.8. The van der Waals surface area contributed by atoms with Crippen molar-refractivity contribution in [1.29, 1.82) is 0 Å². The Morgan fingerprint density at radius 1 is 0.800 bits per heavy atom. The highest BCUT2D eigenvalue weighted by Gasteiger charge is 2.32. The van der Waals surface area contributed by atoms with Crippen molar-refractivity contribution < 1.29 is 43.0 Å². The number of phenolic OH excluding ortho intramolecular Hbond substituents is 1. The molecule has 12 heteroatoms. The molecule has 0 aliphatic heterocycles. The number of carbonyl (C=O) groups is 4. The third-order valence-corrected chi connectivity index (χ3v) is 7.94. The Kier molecular flexibility index (Phi) is 14.0. The van der Waals surface area contributed by atoms with Crippen LogP contribution in [0.3, 0.4) is 0 Å². The molecule has 0 bridgehead atoms. The molecule has 3 aromatic carbocycles. The summed E-state index contributed by atoms with van der Waals surface area (Å²) in [6, 6.07) is 24.8. The molecule has 1 aromatic heterocycles. The van der Waals surface area contributed by atoms with Gasteiger partial charge in [0.2, 0.25) is 11.8 Å². The predicted octanol–water partition coefficient (Wildman–Crippen LogP) is 5.55. The normalized spacial score (nSPS) is 12.0. The molecule has 0 aliphatic rings. The molecular weight excluding hydrogens is 642 g/mol. The molecule has 0 fully saturated rings. The largest absolute Gasteiger partial charge is 0.506 e. The van der Waals surface area contributed by atoms with Crippen LogP contribution in [0.5, 0.6) is 11.5 Å². The lowest BCUT2D eigenvalue weighted by Gasteiger charge is -2.25. The van der Waals surface area contributed by atoms with Crippen molar-refractivity contribution in [3.8, 4) is 22.8 Å². The van der Waals surface area contributed by atoms with E-state index in [0.717, 1.165) is 11.1 Å². The Bertz CT molecular complexity index is 1720. The quantitative estimate of drug-likeness (QED) is 0.0597. The zero-order valence-electron chi connectivity index (χ0n) is 28.4. The summed E-state index contributed by atoms with van der Waals surface area (Å²) >= 11 is 0. The zero-order chi connectivity index (χ0) is 35.9. The summed E-state index contributed by atoms with van der Waals surface area (Å²) < 4.78 is 16.3. The highest BCUT2D eigenvalue weighted by atomic mass is 16.6. The van der Waals surface area contributed by atoms with Crippen LogP contribution in [0.25, 0.3) is 11.3 Å². The summed E-state index contributed by atoms with van der Waals surface area (Å²) in [6.45, 7) is 5.60. The highest BCUT2D eigenvalue weighted by molar-refractivity contribution is 5.97. The molecule has 0 saturated heterocycles. The van der Waals surface area contributed by atoms with E-state index in [2.05, 4.69) is 16.1 Å². The Hall–Kier alpha value is -5.62. The summed E-state index contributed by atoms with van der Waals surface area (Å²) in [7, 11) is 0. The van der Waals surface area contributed by atoms with Crippen molar-refractivity contribution in [1.82, 2.24) is 16.1 Å². The first kappa shape index (κ1) is 37.2. The first-order valence-electron chi connectivity index (χ1n) is 16.6. The SMILES string of the molecule is CCOC(=O)c1cc(OCC)cc(-c2ccc(C(=O)NCNC(=O)[C@H](CCc3ccccc3)[C@@H](CC)C(=O)NOCc3ccccc3)o2)c1O. The average molecular weight is 686 g/mol. The fourth-order valence-corrected chi connectivity index (χ4v) is 5.42. The van der Waals surface area contributed by atoms with E-state index < -0.39 is 35.5 Å². The minimum atomic E-state index is -0.738. The van der Waals surface area contributed by atoms with Crippen LogP contribution >= 0.6 is 0 Å². The van der Waals surface area contributed by atoms with Crippen molar-refractivity contribution >= 4 is 23.7 Å². The number of furan rings is 1. The van der Waals surface area contributed by atoms with Crippen LogP contribution in [0.1, 0.15) is 65.7 Å². The number of aromatic hydroxyl groups is 1. The van der Waals surface area contributed by atoms with Crippen LogP contribution in [-0.2, 0) is 32.2 Å². The summed E-state index contributed by atoms with van der Waals surface area (Å²) in [5, 5.41) is 16.2. The van der Waals surface area contributed by atoms with E-state index in [1.54, 1.807) is 13.8 Å². The standard InChI is InChI=1S/C38H43N3O9/c1-4-28(36(44)41-49-23-26-15-11-8-12-16-26)29(18-17-25-13-9-7-10-14-25)35(43)39-24-40-37(45)33-20-19-32(50-33)30-21-27(47-5-2)22-31(34(30)42)38(46)48-6-3/h7-16,19-22,28-29,42H,4-6,17-18,23-24H2,1-3H3,(H,39,43)(H,40,45)(H,41,44)/t28-,29-/m1/s1. The summed E-state index contributed by atoms with van der Waals surface area (Å²) in [5.41, 5.74) is 4.43. The van der Waals surface area contributed by atoms with Crippen LogP contribution in [0.4, 0.5) is 0 Å². The van der Waals surface area contributed by atoms with Gasteiger partial charge in [-0.3, -0.25) is 19.2 Å². The number of aryl methyl sites for hydroxylation is 1. The number of esters is 1. The van der Waals surface area contributed by atoms with E-state index >= 15 is 0 Å². The van der Waals surface area contributed by atoms with Gasteiger partial charge >= 0.3 is 5.97 Å². The fourth-order valence-electron chi connectivity index (χ4n) is 5.42. The van der Waals surface area contributed by atoms with Crippen molar-refractivity contribution in [2.24, 2.45) is 11.8 Å². The number of phenols is 1. The van der Waals surface area contributed by atoms with Crippen LogP contribution in [0.15, 0.2) is 89.3 Å². The molecule has 0 spiro atoms. The molecule has 12 nitrogen and oxygen atoms in total. The summed E-state index contributed by atoms with van der Waals surface area (Å²) in [4.78, 5) is 57.7. The van der Waals surface area contributed by atoms with Gasteiger partial charge in [-0.05, 0) is 68.5 Å². The number of hydrogen-bond acceptors (Lipinski definition) is 9. The number of hydrogen-bond donors (Lipinski definition) is 4. The molecule has 4 aromatic rings. The first-order valence-corrected chi connectivity index (χ1v) is 16.6. The molecule has 0 aliphatic carbocycles. The summed E-state index contributed by atoms with van der Waals surface area (Å²) in [5.74, 6) is -3.69. The minimum Gasteiger partial charge on any atom is -0.506 e. The third kappa shape index (κ3) is 10.2. The zero-order valence-corrected chi connectivity index (χ0v) is 28.4. The van der Waals surface area contributed by atoms with Gasteiger partial charge in [0.05, 0.1) is 38.0 Å². The van der Waals surface area contributed by atoms with E-state index in [1.165, 1.54) is 24.3 Å². The Labute approximate surface area is 291 Å². The van der Waals surface area contributed by atoms with Gasteiger partial charge in [-0.15, -0.1) is 0 Å². The molecule has 264 valence electrons. The molecular formula is C38H43N3O9. The van der Waals surface area contributed by atoms with E-state index in [0.29, 0.717) is 31.6 Å². The predicted molar refractivity (Wildman–Crippen MR) is 185 cm³/mol. The van der Waals surface area contributed by atoms with Gasteiger partial charge in [-0.1, -0.05) is 67.6 Å². The van der Waals surface area contributed by atoms with Gasteiger partial charge < -0.3 is 29.6 Å². The number of amides is 3. The number of ether oxygens (including phenoxy) is 2.